The number of hydrogen-bond donors (Lipinski definition) is 2. The van der Waals surface area contributed by atoms with Crippen molar-refractivity contribution in [3.63, 3.8) is 0 Å². The van der Waals surface area contributed by atoms with E-state index in [-0.39, 0.29) is 5.84 Å². The highest BCUT2D eigenvalue weighted by Crippen LogP contribution is 2.14. The average molecular weight is 295 g/mol. The van der Waals surface area contributed by atoms with Crippen LogP contribution in [0.15, 0.2) is 35.6 Å². The molecule has 106 valence electrons. The third kappa shape index (κ3) is 3.21. The van der Waals surface area contributed by atoms with Crippen LogP contribution in [-0.2, 0) is 6.54 Å². The quantitative estimate of drug-likeness (QED) is 0.382. The molecule has 0 aliphatic heterocycles. The van der Waals surface area contributed by atoms with Crippen molar-refractivity contribution >= 4 is 17.4 Å². The van der Waals surface area contributed by atoms with Crippen molar-refractivity contribution < 1.29 is 9.94 Å². The Bertz CT molecular complexity index is 607. The highest BCUT2D eigenvalue weighted by molar-refractivity contribution is 6.31. The molecule has 0 aliphatic rings. The van der Waals surface area contributed by atoms with Crippen molar-refractivity contribution in [1.82, 2.24) is 9.78 Å². The first-order chi connectivity index (χ1) is 9.61. The molecular formula is C13H15ClN4O2. The first-order valence-electron chi connectivity index (χ1n) is 6.00. The van der Waals surface area contributed by atoms with Gasteiger partial charge in [-0.05, 0) is 31.2 Å². The van der Waals surface area contributed by atoms with Gasteiger partial charge in [-0.3, -0.25) is 4.68 Å². The van der Waals surface area contributed by atoms with Crippen molar-refractivity contribution in [3.05, 3.63) is 46.7 Å². The van der Waals surface area contributed by atoms with Gasteiger partial charge in [0.25, 0.3) is 0 Å². The summed E-state index contributed by atoms with van der Waals surface area (Å²) in [6, 6.07) is 6.97. The van der Waals surface area contributed by atoms with E-state index in [1.165, 1.54) is 0 Å². The van der Waals surface area contributed by atoms with Gasteiger partial charge in [-0.2, -0.15) is 5.10 Å². The number of nitrogens with zero attached hydrogens (tertiary/aromatic N) is 3. The summed E-state index contributed by atoms with van der Waals surface area (Å²) >= 11 is 5.92. The molecule has 0 fully saturated rings. The molecule has 0 saturated heterocycles. The van der Waals surface area contributed by atoms with Gasteiger partial charge >= 0.3 is 0 Å². The first kappa shape index (κ1) is 14.2. The zero-order chi connectivity index (χ0) is 14.5. The highest BCUT2D eigenvalue weighted by atomic mass is 35.5. The normalized spacial score (nSPS) is 11.6. The second-order valence-electron chi connectivity index (χ2n) is 4.16. The molecule has 7 heteroatoms. The van der Waals surface area contributed by atoms with E-state index < -0.39 is 0 Å². The fourth-order valence-electron chi connectivity index (χ4n) is 1.68. The molecule has 2 aromatic rings. The van der Waals surface area contributed by atoms with Gasteiger partial charge < -0.3 is 15.7 Å². The number of nitrogens with two attached hydrogens (primary N) is 1. The van der Waals surface area contributed by atoms with Gasteiger partial charge in [0.2, 0.25) is 0 Å². The zero-order valence-corrected chi connectivity index (χ0v) is 11.7. The molecule has 0 atom stereocenters. The van der Waals surface area contributed by atoms with Crippen LogP contribution in [0.1, 0.15) is 11.3 Å². The van der Waals surface area contributed by atoms with E-state index in [1.54, 1.807) is 35.1 Å². The molecule has 3 N–H and O–H groups in total. The number of halogens is 1. The van der Waals surface area contributed by atoms with Crippen LogP contribution >= 0.6 is 11.6 Å². The Morgan fingerprint density at radius 3 is 2.70 bits per heavy atom. The van der Waals surface area contributed by atoms with Crippen LogP contribution in [0.2, 0.25) is 5.02 Å². The largest absolute Gasteiger partial charge is 0.492 e. The predicted molar refractivity (Wildman–Crippen MR) is 76.4 cm³/mol. The van der Waals surface area contributed by atoms with E-state index in [9.17, 15) is 0 Å². The van der Waals surface area contributed by atoms with E-state index in [1.807, 2.05) is 6.92 Å². The van der Waals surface area contributed by atoms with Gasteiger partial charge in [0, 0.05) is 5.56 Å². The minimum Gasteiger partial charge on any atom is -0.492 e. The van der Waals surface area contributed by atoms with Crippen molar-refractivity contribution in [2.24, 2.45) is 10.9 Å². The summed E-state index contributed by atoms with van der Waals surface area (Å²) in [5, 5.41) is 16.3. The highest BCUT2D eigenvalue weighted by Gasteiger charge is 2.04. The summed E-state index contributed by atoms with van der Waals surface area (Å²) in [6.45, 7) is 2.99. The van der Waals surface area contributed by atoms with E-state index in [0.29, 0.717) is 29.5 Å². The number of ether oxygens (including phenoxy) is 1. The Hall–Kier alpha value is -2.21. The fraction of sp³-hybridized carbons (Fsp3) is 0.231. The van der Waals surface area contributed by atoms with E-state index in [4.69, 9.17) is 27.3 Å². The lowest BCUT2D eigenvalue weighted by Crippen LogP contribution is -2.13. The molecular weight excluding hydrogens is 280 g/mol. The molecule has 0 saturated carbocycles. The maximum absolute atomic E-state index is 8.56. The van der Waals surface area contributed by atoms with Crippen LogP contribution < -0.4 is 10.5 Å². The Balaban J connectivity index is 1.90. The Morgan fingerprint density at radius 2 is 2.15 bits per heavy atom. The number of hydrogen-bond acceptors (Lipinski definition) is 4. The zero-order valence-electron chi connectivity index (χ0n) is 11.0. The standard InChI is InChI=1S/C13H15ClN4O2/c1-9-12(14)8-16-18(9)6-7-20-11-4-2-10(3-5-11)13(15)17-19/h2-5,8,19H,6-7H2,1H3,(H2,15,17). The monoisotopic (exact) mass is 294 g/mol. The number of aromatic nitrogens is 2. The summed E-state index contributed by atoms with van der Waals surface area (Å²) in [5.41, 5.74) is 7.02. The van der Waals surface area contributed by atoms with Crippen LogP contribution in [0, 0.1) is 6.92 Å². The Labute approximate surface area is 121 Å². The molecule has 1 aromatic carbocycles. The van der Waals surface area contributed by atoms with Gasteiger partial charge in [-0.15, -0.1) is 0 Å². The average Bonchev–Trinajstić information content (AvgIpc) is 2.79. The minimum atomic E-state index is 0.0679. The number of amidine groups is 1. The number of rotatable bonds is 5. The van der Waals surface area contributed by atoms with Crippen LogP contribution in [0.25, 0.3) is 0 Å². The summed E-state index contributed by atoms with van der Waals surface area (Å²) < 4.78 is 7.38. The molecule has 0 radical (unpaired) electrons. The summed E-state index contributed by atoms with van der Waals surface area (Å²) in [6.07, 6.45) is 1.61. The van der Waals surface area contributed by atoms with Gasteiger partial charge in [-0.1, -0.05) is 16.8 Å². The lowest BCUT2D eigenvalue weighted by atomic mass is 10.2. The van der Waals surface area contributed by atoms with Crippen molar-refractivity contribution in [2.75, 3.05) is 6.61 Å². The van der Waals surface area contributed by atoms with E-state index in [2.05, 4.69) is 10.3 Å². The third-order valence-electron chi connectivity index (χ3n) is 2.87. The lowest BCUT2D eigenvalue weighted by molar-refractivity contribution is 0.290. The molecule has 0 unspecified atom stereocenters. The second kappa shape index (κ2) is 6.29. The second-order valence-corrected chi connectivity index (χ2v) is 4.57. The number of oxime groups is 1. The molecule has 1 heterocycles. The van der Waals surface area contributed by atoms with Crippen molar-refractivity contribution in [2.45, 2.75) is 13.5 Å². The smallest absolute Gasteiger partial charge is 0.170 e. The predicted octanol–water partition coefficient (Wildman–Crippen LogP) is 2.02. The van der Waals surface area contributed by atoms with E-state index in [0.717, 1.165) is 5.69 Å². The van der Waals surface area contributed by atoms with E-state index >= 15 is 0 Å². The molecule has 1 aromatic heterocycles. The maximum Gasteiger partial charge on any atom is 0.170 e. The summed E-state index contributed by atoms with van der Waals surface area (Å²) in [7, 11) is 0. The van der Waals surface area contributed by atoms with Gasteiger partial charge in [0.05, 0.1) is 23.5 Å². The number of benzene rings is 1. The summed E-state index contributed by atoms with van der Waals surface area (Å²) in [5.74, 6) is 0.772. The minimum absolute atomic E-state index is 0.0679. The van der Waals surface area contributed by atoms with Crippen LogP contribution in [0.3, 0.4) is 0 Å². The molecule has 0 aliphatic carbocycles. The third-order valence-corrected chi connectivity index (χ3v) is 3.24. The molecule has 0 spiro atoms. The van der Waals surface area contributed by atoms with Crippen molar-refractivity contribution in [1.29, 1.82) is 0 Å². The molecule has 0 bridgehead atoms. The van der Waals surface area contributed by atoms with Gasteiger partial charge in [0.1, 0.15) is 12.4 Å². The van der Waals surface area contributed by atoms with Gasteiger partial charge in [0.15, 0.2) is 5.84 Å². The first-order valence-corrected chi connectivity index (χ1v) is 6.38. The van der Waals surface area contributed by atoms with Crippen LogP contribution in [0.4, 0.5) is 0 Å². The van der Waals surface area contributed by atoms with Crippen LogP contribution in [-0.4, -0.2) is 27.4 Å². The maximum atomic E-state index is 8.56. The SMILES string of the molecule is Cc1c(Cl)cnn1CCOc1ccc(C(N)=NO)cc1. The van der Waals surface area contributed by atoms with Crippen LogP contribution in [0.5, 0.6) is 5.75 Å². The van der Waals surface area contributed by atoms with Gasteiger partial charge in [-0.25, -0.2) is 0 Å². The molecule has 20 heavy (non-hydrogen) atoms. The lowest BCUT2D eigenvalue weighted by Gasteiger charge is -2.08. The molecule has 6 nitrogen and oxygen atoms in total. The Morgan fingerprint density at radius 1 is 1.45 bits per heavy atom. The topological polar surface area (TPSA) is 85.7 Å². The fourth-order valence-corrected chi connectivity index (χ4v) is 1.82. The van der Waals surface area contributed by atoms with Crippen molar-refractivity contribution in [3.8, 4) is 5.75 Å². The summed E-state index contributed by atoms with van der Waals surface area (Å²) in [4.78, 5) is 0. The Kier molecular flexibility index (Phi) is 4.47. The molecule has 0 amide bonds. The molecule has 2 rings (SSSR count).